The summed E-state index contributed by atoms with van der Waals surface area (Å²) in [6.07, 6.45) is 15.9. The van der Waals surface area contributed by atoms with Gasteiger partial charge in [0.25, 0.3) is 0 Å². The molecule has 0 radical (unpaired) electrons. The number of fused-ring (bicyclic) bond motifs is 1. The third kappa shape index (κ3) is 7.60. The van der Waals surface area contributed by atoms with Crippen LogP contribution in [0.5, 0.6) is 0 Å². The highest BCUT2D eigenvalue weighted by atomic mass is 28.4. The zero-order chi connectivity index (χ0) is 32.9. The lowest BCUT2D eigenvalue weighted by Gasteiger charge is -2.46. The molecule has 4 nitrogen and oxygen atoms in total. The van der Waals surface area contributed by atoms with Crippen LogP contribution in [0, 0.1) is 23.2 Å². The van der Waals surface area contributed by atoms with Gasteiger partial charge < -0.3 is 13.6 Å². The molecule has 2 unspecified atom stereocenters. The molecule has 4 fully saturated rings. The van der Waals surface area contributed by atoms with Gasteiger partial charge in [0.05, 0.1) is 12.2 Å². The van der Waals surface area contributed by atoms with Gasteiger partial charge in [0.15, 0.2) is 16.6 Å². The lowest BCUT2D eigenvalue weighted by molar-refractivity contribution is -0.142. The molecule has 250 valence electrons. The van der Waals surface area contributed by atoms with E-state index in [1.54, 1.807) is 5.57 Å². The molecule has 1 aliphatic heterocycles. The summed E-state index contributed by atoms with van der Waals surface area (Å²) in [6, 6.07) is 0. The molecule has 0 aromatic heterocycles. The second-order valence-corrected chi connectivity index (χ2v) is 27.7. The topological polar surface area (TPSA) is 44.8 Å². The molecule has 6 heteroatoms. The second-order valence-electron chi connectivity index (χ2n) is 18.2. The molecule has 44 heavy (non-hydrogen) atoms. The van der Waals surface area contributed by atoms with Crippen LogP contribution in [0.1, 0.15) is 120 Å². The van der Waals surface area contributed by atoms with Crippen molar-refractivity contribution in [1.82, 2.24) is 0 Å². The Balaban J connectivity index is 1.57. The number of carbonyl (C=O) groups is 1. The third-order valence-corrected chi connectivity index (χ3v) is 22.1. The van der Waals surface area contributed by atoms with Crippen molar-refractivity contribution in [3.05, 3.63) is 35.5 Å². The van der Waals surface area contributed by atoms with Gasteiger partial charge in [-0.15, -0.1) is 0 Å². The van der Waals surface area contributed by atoms with E-state index in [9.17, 15) is 4.79 Å². The molecular weight excluding hydrogens is 577 g/mol. The SMILES string of the molecule is C=C1/C(=C\C=C2/CCC[C@@]3(C)C2CC[C@@H]3[C@H](C)CC2CCC(=O)O2)C[C@@H](O[Si](C)(C)C(C)(C)C)C[C@@H]1O[Si](C)(C)C(C)(C)C. The normalized spacial score (nSPS) is 34.9. The van der Waals surface area contributed by atoms with E-state index in [1.165, 1.54) is 43.3 Å². The van der Waals surface area contributed by atoms with Crippen molar-refractivity contribution in [2.24, 2.45) is 23.2 Å². The zero-order valence-corrected chi connectivity index (χ0v) is 32.5. The van der Waals surface area contributed by atoms with Crippen molar-refractivity contribution in [3.63, 3.8) is 0 Å². The van der Waals surface area contributed by atoms with E-state index >= 15 is 0 Å². The van der Waals surface area contributed by atoms with Gasteiger partial charge in [-0.1, -0.05) is 79.7 Å². The van der Waals surface area contributed by atoms with Crippen molar-refractivity contribution in [2.45, 2.75) is 174 Å². The first-order valence-corrected chi connectivity index (χ1v) is 23.6. The van der Waals surface area contributed by atoms with Crippen LogP contribution in [0.15, 0.2) is 35.5 Å². The van der Waals surface area contributed by atoms with Crippen molar-refractivity contribution in [2.75, 3.05) is 0 Å². The van der Waals surface area contributed by atoms with Crippen LogP contribution in [-0.4, -0.2) is 40.9 Å². The molecule has 0 spiro atoms. The molecule has 1 heterocycles. The largest absolute Gasteiger partial charge is 0.462 e. The Morgan fingerprint density at radius 2 is 1.61 bits per heavy atom. The van der Waals surface area contributed by atoms with Crippen molar-refractivity contribution < 1.29 is 18.4 Å². The van der Waals surface area contributed by atoms with Gasteiger partial charge in [-0.25, -0.2) is 0 Å². The molecular formula is C38H66O4Si2. The number of hydrogen-bond donors (Lipinski definition) is 0. The molecule has 0 N–H and O–H groups in total. The van der Waals surface area contributed by atoms with E-state index in [1.807, 2.05) is 0 Å². The Kier molecular flexibility index (Phi) is 10.5. The maximum absolute atomic E-state index is 11.7. The molecule has 1 saturated heterocycles. The van der Waals surface area contributed by atoms with Crippen LogP contribution in [0.25, 0.3) is 0 Å². The Hall–Kier alpha value is -0.956. The monoisotopic (exact) mass is 642 g/mol. The lowest BCUT2D eigenvalue weighted by Crippen LogP contribution is -2.49. The van der Waals surface area contributed by atoms with Crippen LogP contribution in [0.4, 0.5) is 0 Å². The third-order valence-electron chi connectivity index (χ3n) is 13.1. The first-order valence-electron chi connectivity index (χ1n) is 17.8. The molecule has 7 atom stereocenters. The fourth-order valence-corrected chi connectivity index (χ4v) is 11.0. The molecule has 3 aliphatic carbocycles. The molecule has 0 amide bonds. The summed E-state index contributed by atoms with van der Waals surface area (Å²) >= 11 is 0. The van der Waals surface area contributed by atoms with Crippen LogP contribution in [-0.2, 0) is 18.4 Å². The summed E-state index contributed by atoms with van der Waals surface area (Å²) in [4.78, 5) is 11.7. The fourth-order valence-electron chi connectivity index (χ4n) is 8.31. The van der Waals surface area contributed by atoms with E-state index in [0.717, 1.165) is 25.7 Å². The molecule has 3 saturated carbocycles. The van der Waals surface area contributed by atoms with Gasteiger partial charge in [0.2, 0.25) is 0 Å². The predicted molar refractivity (Wildman–Crippen MR) is 190 cm³/mol. The molecule has 0 bridgehead atoms. The van der Waals surface area contributed by atoms with Crippen molar-refractivity contribution >= 4 is 22.6 Å². The van der Waals surface area contributed by atoms with Crippen molar-refractivity contribution in [1.29, 1.82) is 0 Å². The fraction of sp³-hybridized carbons (Fsp3) is 0.816. The predicted octanol–water partition coefficient (Wildman–Crippen LogP) is 10.9. The minimum absolute atomic E-state index is 0.00756. The number of allylic oxidation sites excluding steroid dienone is 3. The average molecular weight is 643 g/mol. The van der Waals surface area contributed by atoms with Crippen LogP contribution in [0.2, 0.25) is 36.3 Å². The summed E-state index contributed by atoms with van der Waals surface area (Å²) in [7, 11) is -3.91. The first-order chi connectivity index (χ1) is 20.1. The summed E-state index contributed by atoms with van der Waals surface area (Å²) in [5.74, 6) is 1.91. The minimum Gasteiger partial charge on any atom is -0.462 e. The Morgan fingerprint density at radius 3 is 2.20 bits per heavy atom. The maximum Gasteiger partial charge on any atom is 0.306 e. The first kappa shape index (κ1) is 35.9. The smallest absolute Gasteiger partial charge is 0.306 e. The molecule has 4 rings (SSSR count). The van der Waals surface area contributed by atoms with Crippen LogP contribution >= 0.6 is 0 Å². The van der Waals surface area contributed by atoms with Gasteiger partial charge in [-0.2, -0.15) is 0 Å². The summed E-state index contributed by atoms with van der Waals surface area (Å²) in [5, 5.41) is 0.319. The van der Waals surface area contributed by atoms with Gasteiger partial charge in [-0.3, -0.25) is 4.79 Å². The summed E-state index contributed by atoms with van der Waals surface area (Å²) < 4.78 is 19.8. The standard InChI is InChI=1S/C38H66O4Si2/c1-26(23-30-18-21-35(39)40-30)32-19-20-33-28(15-14-22-38(32,33)9)16-17-29-24-31(41-43(10,11)36(3,4)5)25-34(27(29)2)42-44(12,13)37(6,7)8/h16-17,26,30-34H,2,14-15,18-25H2,1,3-13H3/b28-16+,29-17-/t26-,30?,31-,32-,33?,34+,38-/m1/s1. The molecule has 0 aromatic carbocycles. The summed E-state index contributed by atoms with van der Waals surface area (Å²) in [6.45, 7) is 33.1. The van der Waals surface area contributed by atoms with Gasteiger partial charge in [0, 0.05) is 12.8 Å². The average Bonchev–Trinajstić information content (AvgIpc) is 3.45. The van der Waals surface area contributed by atoms with Gasteiger partial charge >= 0.3 is 5.97 Å². The highest BCUT2D eigenvalue weighted by molar-refractivity contribution is 6.74. The van der Waals surface area contributed by atoms with Gasteiger partial charge in [0.1, 0.15) is 6.10 Å². The Bertz CT molecular complexity index is 1140. The molecule has 4 aliphatic rings. The Labute approximate surface area is 273 Å². The van der Waals surface area contributed by atoms with Gasteiger partial charge in [-0.05, 0) is 122 Å². The van der Waals surface area contributed by atoms with E-state index < -0.39 is 16.6 Å². The van der Waals surface area contributed by atoms with Crippen LogP contribution < -0.4 is 0 Å². The number of ether oxygens (including phenoxy) is 1. The summed E-state index contributed by atoms with van der Waals surface area (Å²) in [5.41, 5.74) is 4.46. The lowest BCUT2D eigenvalue weighted by atomic mass is 9.60. The van der Waals surface area contributed by atoms with E-state index in [2.05, 4.69) is 100 Å². The van der Waals surface area contributed by atoms with E-state index in [-0.39, 0.29) is 34.4 Å². The Morgan fingerprint density at radius 1 is 0.977 bits per heavy atom. The molecule has 0 aromatic rings. The highest BCUT2D eigenvalue weighted by Crippen LogP contribution is 2.60. The number of esters is 1. The number of carbonyl (C=O) groups excluding carboxylic acids is 1. The van der Waals surface area contributed by atoms with E-state index in [4.69, 9.17) is 13.6 Å². The minimum atomic E-state index is -1.98. The maximum atomic E-state index is 11.7. The number of cyclic esters (lactones) is 1. The zero-order valence-electron chi connectivity index (χ0n) is 30.5. The van der Waals surface area contributed by atoms with E-state index in [0.29, 0.717) is 29.6 Å². The number of rotatable bonds is 8. The quantitative estimate of drug-likeness (QED) is 0.195. The highest BCUT2D eigenvalue weighted by Gasteiger charge is 2.51. The van der Waals surface area contributed by atoms with Crippen LogP contribution in [0.3, 0.4) is 0 Å². The second kappa shape index (κ2) is 12.9. The van der Waals surface area contributed by atoms with Crippen molar-refractivity contribution in [3.8, 4) is 0 Å². The number of hydrogen-bond acceptors (Lipinski definition) is 4.